The number of ether oxygens (including phenoxy) is 5. The van der Waals surface area contributed by atoms with Crippen molar-refractivity contribution < 1.29 is 50.1 Å². The number of piperazine rings is 4. The van der Waals surface area contributed by atoms with Gasteiger partial charge in [0.25, 0.3) is 5.56 Å². The first-order chi connectivity index (χ1) is 60.7. The van der Waals surface area contributed by atoms with Crippen LogP contribution in [0.2, 0.25) is 25.1 Å². The van der Waals surface area contributed by atoms with E-state index in [1.165, 1.54) is 41.5 Å². The average molecular weight is 1890 g/mol. The SMILES string of the molecule is C=CCCCCOc1c(N2CCN(S(=O)(=O)N(CC=C)C(=O)OC(C)(C)C)CC2)cnn(-c2cccc(Cl)c2)c1=O.C=CCCCCOc1c(N2CCN(S(=O)(=O)NC(=O)OC(C)(C)C)CC2)cnn(-c2cccc(Cl)c2)c1=O.C=CCCCCOc1c(N2CCNCC2)cnn(-c2cccc(Cl)c2)c1=O.O=c1c(Cl)c(N2CCNCC2)cnn1-c1cccc(Cl)c1. The van der Waals surface area contributed by atoms with Crippen LogP contribution in [0, 0.1) is 0 Å². The van der Waals surface area contributed by atoms with Gasteiger partial charge < -0.3 is 53.9 Å². The fourth-order valence-corrected chi connectivity index (χ4v) is 16.8. The number of anilines is 4. The van der Waals surface area contributed by atoms with E-state index < -0.39 is 54.9 Å². The molecular weight excluding hydrogens is 1780 g/mol. The Balaban J connectivity index is 0.000000197. The van der Waals surface area contributed by atoms with Gasteiger partial charge in [0, 0.05) is 125 Å². The molecule has 40 heteroatoms. The summed E-state index contributed by atoms with van der Waals surface area (Å²) in [4.78, 5) is 85.2. The van der Waals surface area contributed by atoms with E-state index in [-0.39, 0.29) is 86.5 Å². The average Bonchev–Trinajstić information content (AvgIpc) is 0.779. The first-order valence-electron chi connectivity index (χ1n) is 41.6. The number of unbranched alkanes of at least 4 members (excludes halogenated alkanes) is 6. The summed E-state index contributed by atoms with van der Waals surface area (Å²) in [7, 11) is -8.29. The maximum Gasteiger partial charge on any atom is 0.425 e. The summed E-state index contributed by atoms with van der Waals surface area (Å²) in [6, 6.07) is 27.6. The monoisotopic (exact) mass is 1890 g/mol. The molecule has 2 amide bonds. The van der Waals surface area contributed by atoms with Gasteiger partial charge in [-0.2, -0.15) is 68.9 Å². The molecule has 0 saturated carbocycles. The smallest absolute Gasteiger partial charge is 0.425 e. The number of aromatic nitrogens is 8. The number of amides is 2. The van der Waals surface area contributed by atoms with E-state index >= 15 is 0 Å². The number of nitrogens with one attached hydrogen (secondary N) is 3. The number of halogens is 5. The van der Waals surface area contributed by atoms with Crippen molar-refractivity contribution in [2.45, 2.75) is 111 Å². The van der Waals surface area contributed by atoms with E-state index in [1.54, 1.807) is 151 Å². The Bertz CT molecular complexity index is 5570. The molecule has 0 atom stereocenters. The molecule has 12 rings (SSSR count). The minimum absolute atomic E-state index is 0.0644. The van der Waals surface area contributed by atoms with Gasteiger partial charge >= 0.3 is 49.3 Å². The second kappa shape index (κ2) is 48.2. The van der Waals surface area contributed by atoms with Crippen LogP contribution in [0.3, 0.4) is 0 Å². The van der Waals surface area contributed by atoms with Crippen molar-refractivity contribution in [3.8, 4) is 40.0 Å². The highest BCUT2D eigenvalue weighted by atomic mass is 35.5. The fourth-order valence-electron chi connectivity index (χ4n) is 13.3. The van der Waals surface area contributed by atoms with E-state index in [9.17, 15) is 45.6 Å². The maximum atomic E-state index is 13.6. The molecule has 0 bridgehead atoms. The molecule has 127 heavy (non-hydrogen) atoms. The summed E-state index contributed by atoms with van der Waals surface area (Å²) >= 11 is 30.5. The molecular formula is C87H111Cl5N18O15S2. The molecule has 4 aromatic heterocycles. The van der Waals surface area contributed by atoms with Crippen LogP contribution in [0.15, 0.2) is 192 Å². The standard InChI is InChI=1S/C28H38ClN5O6S.C25H34ClN5O6S.C20H25ClN4O2.C14H14Cl2N4O/c1-6-8-9-10-19-39-25-24(21-30-34(26(25)35)23-13-11-12-22(29)20-23)31-15-17-32(18-16-31)41(37,38)33(14-7-2)27(36)40-28(3,4)5;1-5-6-7-8-16-36-22-21(18-27-31(23(22)32)20-11-9-10-19(26)17-20)29-12-14-30(15-13-29)38(34,35)28-24(33)37-25(2,3)4;1-2-3-4-5-13-27-19-18(24-11-9-22-10-12-24)15-23-25(20(19)26)17-8-6-7-16(21)14-17;15-10-2-1-3-11(8-10)20-14(21)13(16)12(9-18-20)19-6-4-17-5-7-19/h6-7,11-13,20-21H,1-2,8-10,14-19H2,3-5H3;5,9-11,17-18H,1,6-8,12-16H2,2-4H3,(H,28,33);2,6-8,14-15,22H,1,3-5,9-13H2;1-3,8-9,17H,4-7H2. The second-order valence-corrected chi connectivity index (χ2v) is 36.9. The third-order valence-electron chi connectivity index (χ3n) is 19.5. The van der Waals surface area contributed by atoms with Gasteiger partial charge in [0.2, 0.25) is 17.2 Å². The lowest BCUT2D eigenvalue weighted by atomic mass is 10.2. The number of nitrogens with zero attached hydrogens (tertiary/aromatic N) is 15. The normalized spacial score (nSPS) is 14.6. The van der Waals surface area contributed by atoms with Crippen LogP contribution in [0.4, 0.5) is 32.3 Å². The van der Waals surface area contributed by atoms with E-state index in [4.69, 9.17) is 81.7 Å². The number of hydrogen-bond acceptors (Lipinski definition) is 25. The summed E-state index contributed by atoms with van der Waals surface area (Å²) in [5.74, 6) is 0.601. The van der Waals surface area contributed by atoms with Gasteiger partial charge in [-0.25, -0.2) is 14.3 Å². The molecule has 3 N–H and O–H groups in total. The predicted octanol–water partition coefficient (Wildman–Crippen LogP) is 12.9. The minimum Gasteiger partial charge on any atom is -0.486 e. The van der Waals surface area contributed by atoms with Crippen molar-refractivity contribution in [3.63, 3.8) is 0 Å². The van der Waals surface area contributed by atoms with Crippen molar-refractivity contribution in [2.24, 2.45) is 0 Å². The lowest BCUT2D eigenvalue weighted by molar-refractivity contribution is 0.0394. The lowest BCUT2D eigenvalue weighted by Crippen LogP contribution is -2.55. The van der Waals surface area contributed by atoms with Crippen LogP contribution in [0.1, 0.15) is 99.3 Å². The largest absolute Gasteiger partial charge is 0.486 e. The second-order valence-electron chi connectivity index (χ2n) is 31.3. The van der Waals surface area contributed by atoms with Crippen LogP contribution in [0.5, 0.6) is 17.2 Å². The maximum absolute atomic E-state index is 13.6. The van der Waals surface area contributed by atoms with Crippen LogP contribution in [-0.2, 0) is 29.9 Å². The van der Waals surface area contributed by atoms with Crippen molar-refractivity contribution in [1.29, 1.82) is 0 Å². The molecule has 4 aromatic carbocycles. The van der Waals surface area contributed by atoms with Crippen LogP contribution in [0.25, 0.3) is 22.7 Å². The van der Waals surface area contributed by atoms with Gasteiger partial charge in [-0.15, -0.1) is 26.3 Å². The lowest BCUT2D eigenvalue weighted by Gasteiger charge is -2.37. The number of benzene rings is 4. The quantitative estimate of drug-likeness (QED) is 0.0260. The first-order valence-corrected chi connectivity index (χ1v) is 46.3. The third-order valence-corrected chi connectivity index (χ3v) is 24.2. The highest BCUT2D eigenvalue weighted by Crippen LogP contribution is 2.32. The van der Waals surface area contributed by atoms with Gasteiger partial charge in [-0.05, 0) is 172 Å². The molecule has 686 valence electrons. The van der Waals surface area contributed by atoms with Crippen molar-refractivity contribution in [3.05, 3.63) is 239 Å². The zero-order valence-electron chi connectivity index (χ0n) is 72.2. The zero-order chi connectivity index (χ0) is 92.0. The number of carbonyl (C=O) groups excluding carboxylic acids is 2. The van der Waals surface area contributed by atoms with Crippen LogP contribution < -0.4 is 71.4 Å². The Morgan fingerprint density at radius 2 is 0.748 bits per heavy atom. The third kappa shape index (κ3) is 29.1. The molecule has 4 aliphatic heterocycles. The minimum atomic E-state index is -4.19. The van der Waals surface area contributed by atoms with Gasteiger partial charge in [0.15, 0.2) is 0 Å². The Morgan fingerprint density at radius 3 is 1.07 bits per heavy atom. The van der Waals surface area contributed by atoms with Crippen molar-refractivity contribution in [2.75, 3.05) is 151 Å². The first kappa shape index (κ1) is 100. The molecule has 4 aliphatic rings. The van der Waals surface area contributed by atoms with E-state index in [1.807, 2.05) is 32.7 Å². The number of carbonyl (C=O) groups is 2. The molecule has 0 radical (unpaired) electrons. The van der Waals surface area contributed by atoms with Crippen molar-refractivity contribution in [1.82, 2.24) is 67.4 Å². The topological polar surface area (TPSA) is 347 Å². The Kier molecular flexibility index (Phi) is 38.1. The summed E-state index contributed by atoms with van der Waals surface area (Å²) in [6.07, 6.45) is 18.9. The molecule has 0 spiro atoms. The van der Waals surface area contributed by atoms with E-state index in [0.29, 0.717) is 89.8 Å². The molecule has 4 fully saturated rings. The molecule has 0 aliphatic carbocycles. The van der Waals surface area contributed by atoms with Gasteiger partial charge in [-0.1, -0.05) is 107 Å². The number of allylic oxidation sites excluding steroid dienone is 3. The van der Waals surface area contributed by atoms with Crippen LogP contribution in [-0.4, -0.2) is 223 Å². The highest BCUT2D eigenvalue weighted by molar-refractivity contribution is 7.87. The predicted molar refractivity (Wildman–Crippen MR) is 501 cm³/mol. The van der Waals surface area contributed by atoms with E-state index in [2.05, 4.69) is 67.1 Å². The van der Waals surface area contributed by atoms with Gasteiger partial charge in [-0.3, -0.25) is 19.2 Å². The molecule has 8 heterocycles. The van der Waals surface area contributed by atoms with E-state index in [0.717, 1.165) is 120 Å². The molecule has 4 saturated heterocycles. The summed E-state index contributed by atoms with van der Waals surface area (Å²) in [5.41, 5.74) is 1.36. The summed E-state index contributed by atoms with van der Waals surface area (Å²) in [6.45, 7) is 33.6. The zero-order valence-corrected chi connectivity index (χ0v) is 77.6. The Morgan fingerprint density at radius 1 is 0.433 bits per heavy atom. The summed E-state index contributed by atoms with van der Waals surface area (Å²) in [5, 5.41) is 26.1. The Hall–Kier alpha value is -10.3. The fraction of sp³-hybridized carbons (Fsp3) is 0.425. The van der Waals surface area contributed by atoms with Crippen LogP contribution >= 0.6 is 58.0 Å². The van der Waals surface area contributed by atoms with Gasteiger partial charge in [0.05, 0.1) is 79.6 Å². The highest BCUT2D eigenvalue weighted by Gasteiger charge is 2.39. The number of hydrogen-bond donors (Lipinski definition) is 3. The van der Waals surface area contributed by atoms with Crippen molar-refractivity contribution >= 4 is 113 Å². The number of rotatable bonds is 32. The molecule has 33 nitrogen and oxygen atoms in total. The molecule has 8 aromatic rings. The Labute approximate surface area is 766 Å². The van der Waals surface area contributed by atoms with Gasteiger partial charge in [0.1, 0.15) is 33.3 Å². The molecule has 0 unspecified atom stereocenters. The summed E-state index contributed by atoms with van der Waals surface area (Å²) < 4.78 is 90.5.